The summed E-state index contributed by atoms with van der Waals surface area (Å²) >= 11 is 6.15. The fourth-order valence-electron chi connectivity index (χ4n) is 1.99. The van der Waals surface area contributed by atoms with Gasteiger partial charge in [0.2, 0.25) is 0 Å². The number of nitrogens with zero attached hydrogens (tertiary/aromatic N) is 2. The molecule has 6 heteroatoms. The number of ether oxygens (including phenoxy) is 2. The Hall–Kier alpha value is -2.01. The average molecular weight is 308 g/mol. The molecule has 0 unspecified atom stereocenters. The Kier molecular flexibility index (Phi) is 5.22. The molecule has 0 saturated carbocycles. The lowest BCUT2D eigenvalue weighted by Gasteiger charge is -2.13. The lowest BCUT2D eigenvalue weighted by Crippen LogP contribution is -2.02. The molecule has 0 aliphatic rings. The molecule has 2 aromatic rings. The van der Waals surface area contributed by atoms with Gasteiger partial charge in [0.05, 0.1) is 14.2 Å². The summed E-state index contributed by atoms with van der Waals surface area (Å²) in [7, 11) is 3.23. The molecule has 0 aliphatic carbocycles. The highest BCUT2D eigenvalue weighted by molar-refractivity contribution is 6.30. The van der Waals surface area contributed by atoms with Crippen molar-refractivity contribution in [3.63, 3.8) is 0 Å². The molecule has 1 heterocycles. The summed E-state index contributed by atoms with van der Waals surface area (Å²) in [6, 6.07) is 5.55. The number of hydrogen-bond acceptors (Lipinski definition) is 5. The van der Waals surface area contributed by atoms with Gasteiger partial charge in [-0.25, -0.2) is 9.97 Å². The number of methoxy groups -OCH3 is 2. The number of aromatic nitrogens is 2. The van der Waals surface area contributed by atoms with Gasteiger partial charge in [-0.3, -0.25) is 0 Å². The quantitative estimate of drug-likeness (QED) is 0.822. The van der Waals surface area contributed by atoms with Crippen LogP contribution in [0, 0.1) is 0 Å². The van der Waals surface area contributed by atoms with Crippen LogP contribution in [0.15, 0.2) is 24.5 Å². The zero-order valence-electron chi connectivity index (χ0n) is 12.3. The molecule has 0 atom stereocenters. The highest BCUT2D eigenvalue weighted by Gasteiger charge is 2.10. The van der Waals surface area contributed by atoms with E-state index in [-0.39, 0.29) is 0 Å². The second kappa shape index (κ2) is 7.13. The number of benzene rings is 1. The number of anilines is 2. The fourth-order valence-corrected chi connectivity index (χ4v) is 2.21. The van der Waals surface area contributed by atoms with Crippen molar-refractivity contribution in [2.45, 2.75) is 19.8 Å². The van der Waals surface area contributed by atoms with E-state index < -0.39 is 0 Å². The molecule has 0 amide bonds. The van der Waals surface area contributed by atoms with E-state index in [1.807, 2.05) is 18.2 Å². The molecule has 112 valence electrons. The van der Waals surface area contributed by atoms with Gasteiger partial charge in [0.25, 0.3) is 0 Å². The molecule has 0 radical (unpaired) electrons. The van der Waals surface area contributed by atoms with E-state index in [1.165, 1.54) is 6.33 Å². The van der Waals surface area contributed by atoms with Crippen molar-refractivity contribution in [2.24, 2.45) is 0 Å². The van der Waals surface area contributed by atoms with Crippen molar-refractivity contribution in [1.82, 2.24) is 9.97 Å². The standard InChI is InChI=1S/C15H18ClN3O2/c1-4-5-13-14(16)17-9-18-15(13)19-10-6-11(20-2)8-12(7-10)21-3/h6-9H,4-5H2,1-3H3,(H,17,18,19). The molecule has 5 nitrogen and oxygen atoms in total. The topological polar surface area (TPSA) is 56.3 Å². The van der Waals surface area contributed by atoms with Gasteiger partial charge in [0.1, 0.15) is 28.8 Å². The number of halogens is 1. The zero-order valence-corrected chi connectivity index (χ0v) is 13.1. The van der Waals surface area contributed by atoms with Crippen molar-refractivity contribution in [3.8, 4) is 11.5 Å². The van der Waals surface area contributed by atoms with Crippen LogP contribution in [0.2, 0.25) is 5.15 Å². The Morgan fingerprint density at radius 2 is 1.76 bits per heavy atom. The third kappa shape index (κ3) is 3.76. The minimum atomic E-state index is 0.476. The molecule has 0 fully saturated rings. The first kappa shape index (κ1) is 15.4. The zero-order chi connectivity index (χ0) is 15.2. The third-order valence-corrected chi connectivity index (χ3v) is 3.33. The van der Waals surface area contributed by atoms with E-state index in [4.69, 9.17) is 21.1 Å². The molecule has 0 bridgehead atoms. The molecule has 21 heavy (non-hydrogen) atoms. The van der Waals surface area contributed by atoms with Gasteiger partial charge >= 0.3 is 0 Å². The second-order valence-corrected chi connectivity index (χ2v) is 4.83. The SMILES string of the molecule is CCCc1c(Cl)ncnc1Nc1cc(OC)cc(OC)c1. The third-order valence-electron chi connectivity index (χ3n) is 3.01. The first-order chi connectivity index (χ1) is 10.2. The highest BCUT2D eigenvalue weighted by Crippen LogP contribution is 2.30. The summed E-state index contributed by atoms with van der Waals surface area (Å²) in [6.45, 7) is 2.09. The summed E-state index contributed by atoms with van der Waals surface area (Å²) in [5.74, 6) is 2.11. The van der Waals surface area contributed by atoms with Crippen LogP contribution in [-0.4, -0.2) is 24.2 Å². The maximum atomic E-state index is 6.15. The molecule has 0 aliphatic heterocycles. The number of nitrogens with one attached hydrogen (secondary N) is 1. The first-order valence-electron chi connectivity index (χ1n) is 6.67. The second-order valence-electron chi connectivity index (χ2n) is 4.47. The van der Waals surface area contributed by atoms with Crippen LogP contribution >= 0.6 is 11.6 Å². The maximum absolute atomic E-state index is 6.15. The Labute approximate surface area is 129 Å². The molecule has 1 N–H and O–H groups in total. The Morgan fingerprint density at radius 3 is 2.33 bits per heavy atom. The van der Waals surface area contributed by atoms with Gasteiger partial charge in [-0.1, -0.05) is 24.9 Å². The van der Waals surface area contributed by atoms with E-state index in [1.54, 1.807) is 14.2 Å². The van der Waals surface area contributed by atoms with Gasteiger partial charge in [0, 0.05) is 29.4 Å². The highest BCUT2D eigenvalue weighted by atomic mass is 35.5. The van der Waals surface area contributed by atoms with Crippen molar-refractivity contribution < 1.29 is 9.47 Å². The van der Waals surface area contributed by atoms with Crippen molar-refractivity contribution >= 4 is 23.1 Å². The Morgan fingerprint density at radius 1 is 1.10 bits per heavy atom. The molecule has 0 spiro atoms. The average Bonchev–Trinajstić information content (AvgIpc) is 2.50. The van der Waals surface area contributed by atoms with Crippen LogP contribution in [0.3, 0.4) is 0 Å². The number of hydrogen-bond donors (Lipinski definition) is 1. The molecular formula is C15H18ClN3O2. The van der Waals surface area contributed by atoms with E-state index in [2.05, 4.69) is 22.2 Å². The van der Waals surface area contributed by atoms with Crippen LogP contribution in [0.5, 0.6) is 11.5 Å². The smallest absolute Gasteiger partial charge is 0.138 e. The minimum Gasteiger partial charge on any atom is -0.497 e. The van der Waals surface area contributed by atoms with E-state index in [0.717, 1.165) is 24.1 Å². The first-order valence-corrected chi connectivity index (χ1v) is 7.05. The van der Waals surface area contributed by atoms with Gasteiger partial charge < -0.3 is 14.8 Å². The van der Waals surface area contributed by atoms with Crippen LogP contribution in [0.4, 0.5) is 11.5 Å². The van der Waals surface area contributed by atoms with Crippen molar-refractivity contribution in [1.29, 1.82) is 0 Å². The Balaban J connectivity index is 2.35. The lowest BCUT2D eigenvalue weighted by molar-refractivity contribution is 0.395. The number of rotatable bonds is 6. The Bertz CT molecular complexity index is 598. The van der Waals surface area contributed by atoms with Crippen molar-refractivity contribution in [3.05, 3.63) is 35.2 Å². The predicted molar refractivity (Wildman–Crippen MR) is 83.9 cm³/mol. The lowest BCUT2D eigenvalue weighted by atomic mass is 10.2. The molecule has 1 aromatic heterocycles. The van der Waals surface area contributed by atoms with Crippen LogP contribution in [-0.2, 0) is 6.42 Å². The van der Waals surface area contributed by atoms with E-state index in [9.17, 15) is 0 Å². The van der Waals surface area contributed by atoms with Gasteiger partial charge in [-0.15, -0.1) is 0 Å². The summed E-state index contributed by atoms with van der Waals surface area (Å²) in [6.07, 6.45) is 3.22. The minimum absolute atomic E-state index is 0.476. The summed E-state index contributed by atoms with van der Waals surface area (Å²) in [4.78, 5) is 8.31. The van der Waals surface area contributed by atoms with Crippen LogP contribution in [0.25, 0.3) is 0 Å². The van der Waals surface area contributed by atoms with Crippen molar-refractivity contribution in [2.75, 3.05) is 19.5 Å². The van der Waals surface area contributed by atoms with E-state index in [0.29, 0.717) is 22.5 Å². The normalized spacial score (nSPS) is 10.3. The molecule has 2 rings (SSSR count). The van der Waals surface area contributed by atoms with Gasteiger partial charge in [0.15, 0.2) is 0 Å². The van der Waals surface area contributed by atoms with Gasteiger partial charge in [-0.2, -0.15) is 0 Å². The monoisotopic (exact) mass is 307 g/mol. The van der Waals surface area contributed by atoms with Gasteiger partial charge in [-0.05, 0) is 6.42 Å². The summed E-state index contributed by atoms with van der Waals surface area (Å²) in [5.41, 5.74) is 1.72. The maximum Gasteiger partial charge on any atom is 0.138 e. The molecular weight excluding hydrogens is 290 g/mol. The van der Waals surface area contributed by atoms with E-state index >= 15 is 0 Å². The van der Waals surface area contributed by atoms with Crippen LogP contribution < -0.4 is 14.8 Å². The molecule has 0 saturated heterocycles. The van der Waals surface area contributed by atoms with Crippen LogP contribution in [0.1, 0.15) is 18.9 Å². The molecule has 1 aromatic carbocycles. The largest absolute Gasteiger partial charge is 0.497 e. The predicted octanol–water partition coefficient (Wildman–Crippen LogP) is 3.84. The summed E-state index contributed by atoms with van der Waals surface area (Å²) in [5, 5.41) is 3.73. The fraction of sp³-hybridized carbons (Fsp3) is 0.333. The summed E-state index contributed by atoms with van der Waals surface area (Å²) < 4.78 is 10.5.